The summed E-state index contributed by atoms with van der Waals surface area (Å²) >= 11 is 0. The third-order valence-electron chi connectivity index (χ3n) is 12.6. The highest BCUT2D eigenvalue weighted by Crippen LogP contribution is 2.28. The van der Waals surface area contributed by atoms with Crippen LogP contribution in [0.5, 0.6) is 0 Å². The molecule has 3 aliphatic rings. The Hall–Kier alpha value is -6.01. The van der Waals surface area contributed by atoms with Crippen LogP contribution in [0.4, 0.5) is 0 Å². The van der Waals surface area contributed by atoms with Crippen LogP contribution in [-0.4, -0.2) is 342 Å². The Balaban J connectivity index is 1.85. The fourth-order valence-corrected chi connectivity index (χ4v) is 8.38. The monoisotopic (exact) mass is 1100 g/mol. The summed E-state index contributed by atoms with van der Waals surface area (Å²) < 4.78 is 0. The largest absolute Gasteiger partial charge is 0.394 e. The zero-order valence-electron chi connectivity index (χ0n) is 41.0. The van der Waals surface area contributed by atoms with E-state index >= 15 is 0 Å². The minimum absolute atomic E-state index is 0.309. The zero-order chi connectivity index (χ0) is 57.8. The molecule has 3 heterocycles. The molecule has 0 spiro atoms. The van der Waals surface area contributed by atoms with Crippen molar-refractivity contribution >= 4 is 53.5 Å². The summed E-state index contributed by atoms with van der Waals surface area (Å²) in [4.78, 5) is 108. The van der Waals surface area contributed by atoms with Gasteiger partial charge in [-0.2, -0.15) is 15.2 Å². The van der Waals surface area contributed by atoms with Crippen molar-refractivity contribution in [1.29, 1.82) is 0 Å². The zero-order valence-corrected chi connectivity index (χ0v) is 41.0. The van der Waals surface area contributed by atoms with Crippen molar-refractivity contribution < 1.29 is 125 Å². The smallest absolute Gasteiger partial charge is 0.364 e. The normalized spacial score (nSPS) is 31.2. The van der Waals surface area contributed by atoms with Gasteiger partial charge in [0.2, 0.25) is 35.6 Å². The molecule has 0 aromatic rings. The highest BCUT2D eigenvalue weighted by atomic mass is 16.7. The summed E-state index contributed by atoms with van der Waals surface area (Å²) in [6.07, 6.45) is -20.0. The molecule has 3 rings (SSSR count). The van der Waals surface area contributed by atoms with E-state index in [0.29, 0.717) is 29.9 Å². The molecule has 37 heteroatoms. The number of carbonyl (C=O) groups is 6. The van der Waals surface area contributed by atoms with Crippen LogP contribution in [0.2, 0.25) is 0 Å². The van der Waals surface area contributed by atoms with E-state index in [4.69, 9.17) is 31.7 Å². The minimum atomic E-state index is -3.37. The average Bonchev–Trinajstić information content (AvgIpc) is 3.37. The maximum Gasteiger partial charge on any atom is 0.364 e. The van der Waals surface area contributed by atoms with Gasteiger partial charge in [0.15, 0.2) is 5.60 Å². The fraction of sp³-hybridized carbons (Fsp3) is 0.769. The fourth-order valence-electron chi connectivity index (χ4n) is 8.38. The van der Waals surface area contributed by atoms with Crippen LogP contribution in [0, 0.1) is 0 Å². The molecule has 0 aliphatic carbocycles. The van der Waals surface area contributed by atoms with Gasteiger partial charge in [0.1, 0.15) is 74.6 Å². The van der Waals surface area contributed by atoms with Crippen LogP contribution in [0.1, 0.15) is 12.8 Å². The van der Waals surface area contributed by atoms with E-state index in [1.807, 2.05) is 0 Å². The van der Waals surface area contributed by atoms with Crippen LogP contribution in [0.3, 0.4) is 0 Å². The van der Waals surface area contributed by atoms with Crippen molar-refractivity contribution in [3.05, 3.63) is 0 Å². The van der Waals surface area contributed by atoms with E-state index in [1.54, 1.807) is 0 Å². The Kier molecular flexibility index (Phi) is 23.6. The molecule has 0 bridgehead atoms. The highest BCUT2D eigenvalue weighted by molar-refractivity contribution is 5.92. The Morgan fingerprint density at radius 1 is 0.421 bits per heavy atom. The third kappa shape index (κ3) is 14.5. The highest BCUT2D eigenvalue weighted by Gasteiger charge is 2.52. The van der Waals surface area contributed by atoms with E-state index in [9.17, 15) is 110 Å². The lowest BCUT2D eigenvalue weighted by Gasteiger charge is -2.48. The summed E-state index contributed by atoms with van der Waals surface area (Å²) in [6, 6.07) is -9.27. The Bertz CT molecular complexity index is 1970. The number of nitrogens with two attached hydrogens (primary N) is 3. The van der Waals surface area contributed by atoms with Crippen LogP contribution in [0.15, 0.2) is 15.0 Å². The first-order chi connectivity index (χ1) is 35.5. The van der Waals surface area contributed by atoms with Gasteiger partial charge >= 0.3 is 17.9 Å². The number of amides is 3. The molecular formula is C39H68N12O25. The van der Waals surface area contributed by atoms with Crippen LogP contribution >= 0.6 is 0 Å². The second-order valence-corrected chi connectivity index (χ2v) is 17.5. The summed E-state index contributed by atoms with van der Waals surface area (Å²) in [5, 5.41) is 164. The van der Waals surface area contributed by atoms with Crippen molar-refractivity contribution in [2.24, 2.45) is 32.2 Å². The number of hydrogen-bond acceptors (Lipinski definition) is 28. The van der Waals surface area contributed by atoms with Crippen LogP contribution < -0.4 is 17.2 Å². The van der Waals surface area contributed by atoms with E-state index < -0.39 is 222 Å². The standard InChI is InChI=1S/C39H68N12O25/c1-46(36(40)43-6-21(58)49-15(9-52)26(63)32(69)27(64)16(49)10-53)74-24(61)4-39(73,35(72)76-48(3)38(42)45-8-23(60)51-19(13-56)30(67)34(71)31(68)20(51)14-57)5-25(62)75-47(2)37(41)44-7-22(59)50-17(11-54)28(65)33(70)29(66)18(50)12-55/h15-20,26-34,52-57,63-71,73H,4-14H2,1-3H3,(H2,40,43)(H2,41,44)(H2,42,45)/t15-,16-,17-,18-,19-,20-,26-,27+,28-,29+,30-,31+,32?,33?,34?,39?/m1/s1. The number of likely N-dealkylation sites (tertiary alicyclic amines) is 3. The first-order valence-electron chi connectivity index (χ1n) is 22.7. The molecule has 37 nitrogen and oxygen atoms in total. The Labute approximate surface area is 430 Å². The lowest BCUT2D eigenvalue weighted by Crippen LogP contribution is -2.69. The predicted molar refractivity (Wildman–Crippen MR) is 245 cm³/mol. The van der Waals surface area contributed by atoms with Crippen LogP contribution in [0.25, 0.3) is 0 Å². The second-order valence-electron chi connectivity index (χ2n) is 17.5. The quantitative estimate of drug-likeness (QED) is 0.0365. The van der Waals surface area contributed by atoms with E-state index in [2.05, 4.69) is 15.0 Å². The van der Waals surface area contributed by atoms with Gasteiger partial charge in [-0.05, 0) is 0 Å². The Morgan fingerprint density at radius 2 is 0.632 bits per heavy atom. The van der Waals surface area contributed by atoms with Crippen molar-refractivity contribution in [2.45, 2.75) is 110 Å². The summed E-state index contributed by atoms with van der Waals surface area (Å²) in [5.74, 6) is -10.8. The predicted octanol–water partition coefficient (Wildman–Crippen LogP) is -15.4. The van der Waals surface area contributed by atoms with Crippen molar-refractivity contribution in [3.63, 3.8) is 0 Å². The molecule has 3 amide bonds. The number of nitrogens with zero attached hydrogens (tertiary/aromatic N) is 9. The number of carbonyl (C=O) groups excluding carboxylic acids is 6. The molecule has 3 saturated heterocycles. The molecule has 15 atom stereocenters. The second kappa shape index (κ2) is 27.9. The van der Waals surface area contributed by atoms with Crippen molar-refractivity contribution in [2.75, 3.05) is 80.4 Å². The minimum Gasteiger partial charge on any atom is -0.394 e. The maximum atomic E-state index is 13.7. The number of rotatable bonds is 17. The summed E-state index contributed by atoms with van der Waals surface area (Å²) in [7, 11) is 2.71. The molecular weight excluding hydrogens is 1040 g/mol. The molecule has 3 fully saturated rings. The molecule has 434 valence electrons. The van der Waals surface area contributed by atoms with E-state index in [-0.39, 0.29) is 0 Å². The number of hydroxylamine groups is 6. The summed E-state index contributed by atoms with van der Waals surface area (Å²) in [5.41, 5.74) is 14.2. The van der Waals surface area contributed by atoms with Gasteiger partial charge in [0.05, 0.1) is 88.7 Å². The first-order valence-corrected chi connectivity index (χ1v) is 22.7. The van der Waals surface area contributed by atoms with Gasteiger partial charge < -0.3 is 128 Å². The van der Waals surface area contributed by atoms with E-state index in [0.717, 1.165) is 21.1 Å². The first kappa shape index (κ1) is 64.3. The lowest BCUT2D eigenvalue weighted by molar-refractivity contribution is -0.204. The van der Waals surface area contributed by atoms with Gasteiger partial charge in [0, 0.05) is 21.1 Å². The van der Waals surface area contributed by atoms with Crippen LogP contribution in [-0.2, 0) is 43.3 Å². The molecule has 0 saturated carbocycles. The van der Waals surface area contributed by atoms with Crippen molar-refractivity contribution in [3.8, 4) is 0 Å². The van der Waals surface area contributed by atoms with E-state index in [1.165, 1.54) is 0 Å². The summed E-state index contributed by atoms with van der Waals surface area (Å²) in [6.45, 7) is -8.65. The number of aliphatic hydroxyl groups is 16. The van der Waals surface area contributed by atoms with Gasteiger partial charge in [-0.15, -0.1) is 0 Å². The topological polar surface area (TPSA) is 588 Å². The number of hydrogen-bond donors (Lipinski definition) is 19. The average molecular weight is 1110 g/mol. The molecule has 0 radical (unpaired) electrons. The van der Waals surface area contributed by atoms with Gasteiger partial charge in [-0.3, -0.25) is 14.4 Å². The molecule has 0 aromatic carbocycles. The van der Waals surface area contributed by atoms with Gasteiger partial charge in [-0.1, -0.05) is 0 Å². The SMILES string of the molecule is CN(OC(=O)CC(O)(CC(=O)ON(C)C(N)=NCC(=O)N1[C@H](CO)[C@H](O)C(O)[C@H](O)[C@H]1CO)C(=O)ON(C)C(N)=NCC(=O)N1[C@H](CO)[C@H](O)C(O)[C@H](O)[C@H]1CO)C(N)=NCC(=O)N1[C@H](CO)[C@H](O)C(O)[C@H](O)[C@H]1CO. The number of guanidine groups is 3. The molecule has 3 unspecified atom stereocenters. The lowest BCUT2D eigenvalue weighted by atomic mass is 9.88. The third-order valence-corrected chi connectivity index (χ3v) is 12.6. The maximum absolute atomic E-state index is 13.7. The number of aliphatic hydroxyl groups excluding tert-OH is 15. The molecule has 3 aliphatic heterocycles. The number of aliphatic imine (C=N–C) groups is 3. The Morgan fingerprint density at radius 3 is 0.842 bits per heavy atom. The molecule has 22 N–H and O–H groups in total. The molecule has 0 aromatic heterocycles. The number of piperidine rings is 3. The van der Waals surface area contributed by atoms with Gasteiger partial charge in [-0.25, -0.2) is 29.4 Å². The van der Waals surface area contributed by atoms with Gasteiger partial charge in [0.25, 0.3) is 0 Å². The van der Waals surface area contributed by atoms with Crippen molar-refractivity contribution in [1.82, 2.24) is 29.9 Å². The molecule has 76 heavy (non-hydrogen) atoms.